The minimum atomic E-state index is -0.183. The summed E-state index contributed by atoms with van der Waals surface area (Å²) in [7, 11) is 0. The lowest BCUT2D eigenvalue weighted by atomic mass is 10.1. The molecule has 3 aromatic rings. The van der Waals surface area contributed by atoms with Crippen LogP contribution in [-0.2, 0) is 16.0 Å². The summed E-state index contributed by atoms with van der Waals surface area (Å²) >= 11 is 1.54. The zero-order valence-electron chi connectivity index (χ0n) is 11.7. The van der Waals surface area contributed by atoms with E-state index in [4.69, 9.17) is 9.15 Å². The van der Waals surface area contributed by atoms with Gasteiger partial charge in [0.1, 0.15) is 5.69 Å². The molecule has 4 nitrogen and oxygen atoms in total. The minimum absolute atomic E-state index is 0.183. The van der Waals surface area contributed by atoms with Crippen LogP contribution in [0.1, 0.15) is 18.4 Å². The molecule has 0 aliphatic rings. The number of carbonyl (C=O) groups excluding carboxylic acids is 1. The molecule has 2 aromatic heterocycles. The van der Waals surface area contributed by atoms with Crippen LogP contribution in [0.5, 0.6) is 0 Å². The fraction of sp³-hybridized carbons (Fsp3) is 0.250. The molecule has 0 atom stereocenters. The SMILES string of the molecule is CCOC(=O)CCc1nc(-c2occ3ccccc23)cs1. The van der Waals surface area contributed by atoms with Crippen LogP contribution in [0.2, 0.25) is 0 Å². The molecule has 0 unspecified atom stereocenters. The van der Waals surface area contributed by atoms with Gasteiger partial charge in [0.05, 0.1) is 24.3 Å². The molecule has 0 aliphatic heterocycles. The number of furan rings is 1. The molecule has 0 saturated carbocycles. The highest BCUT2D eigenvalue weighted by Gasteiger charge is 2.13. The fourth-order valence-electron chi connectivity index (χ4n) is 2.16. The lowest BCUT2D eigenvalue weighted by Crippen LogP contribution is -2.04. The molecular weight excluding hydrogens is 286 g/mol. The van der Waals surface area contributed by atoms with Crippen LogP contribution < -0.4 is 0 Å². The van der Waals surface area contributed by atoms with Crippen molar-refractivity contribution in [2.75, 3.05) is 6.61 Å². The molecule has 5 heteroatoms. The molecule has 21 heavy (non-hydrogen) atoms. The number of esters is 1. The minimum Gasteiger partial charge on any atom is -0.466 e. The number of carbonyl (C=O) groups is 1. The monoisotopic (exact) mass is 301 g/mol. The van der Waals surface area contributed by atoms with Crippen molar-refractivity contribution in [2.24, 2.45) is 0 Å². The number of hydrogen-bond donors (Lipinski definition) is 0. The predicted molar refractivity (Wildman–Crippen MR) is 82.3 cm³/mol. The van der Waals surface area contributed by atoms with Crippen molar-refractivity contribution in [3.63, 3.8) is 0 Å². The second kappa shape index (κ2) is 6.10. The highest BCUT2D eigenvalue weighted by Crippen LogP contribution is 2.31. The molecule has 108 valence electrons. The van der Waals surface area contributed by atoms with Gasteiger partial charge in [-0.05, 0) is 6.92 Å². The van der Waals surface area contributed by atoms with Gasteiger partial charge in [0.15, 0.2) is 5.76 Å². The van der Waals surface area contributed by atoms with E-state index in [1.54, 1.807) is 13.2 Å². The van der Waals surface area contributed by atoms with E-state index in [-0.39, 0.29) is 5.97 Å². The van der Waals surface area contributed by atoms with Crippen molar-refractivity contribution >= 4 is 28.1 Å². The van der Waals surface area contributed by atoms with Crippen LogP contribution in [-0.4, -0.2) is 17.6 Å². The van der Waals surface area contributed by atoms with Crippen LogP contribution in [0, 0.1) is 0 Å². The second-order valence-electron chi connectivity index (χ2n) is 4.58. The summed E-state index contributed by atoms with van der Waals surface area (Å²) in [4.78, 5) is 15.9. The van der Waals surface area contributed by atoms with Crippen molar-refractivity contribution in [3.8, 4) is 11.5 Å². The Hall–Kier alpha value is -2.14. The smallest absolute Gasteiger partial charge is 0.306 e. The third kappa shape index (κ3) is 2.97. The van der Waals surface area contributed by atoms with Crippen molar-refractivity contribution in [1.29, 1.82) is 0 Å². The summed E-state index contributed by atoms with van der Waals surface area (Å²) in [6.45, 7) is 2.22. The predicted octanol–water partition coefficient (Wildman–Crippen LogP) is 4.05. The van der Waals surface area contributed by atoms with Crippen LogP contribution in [0.4, 0.5) is 0 Å². The normalized spacial score (nSPS) is 10.9. The van der Waals surface area contributed by atoms with Gasteiger partial charge in [-0.2, -0.15) is 0 Å². The van der Waals surface area contributed by atoms with Gasteiger partial charge in [0.25, 0.3) is 0 Å². The first-order chi connectivity index (χ1) is 10.3. The van der Waals surface area contributed by atoms with Crippen LogP contribution >= 0.6 is 11.3 Å². The van der Waals surface area contributed by atoms with E-state index < -0.39 is 0 Å². The lowest BCUT2D eigenvalue weighted by molar-refractivity contribution is -0.143. The van der Waals surface area contributed by atoms with Gasteiger partial charge >= 0.3 is 5.97 Å². The first-order valence-corrected chi connectivity index (χ1v) is 7.72. The summed E-state index contributed by atoms with van der Waals surface area (Å²) in [5.41, 5.74) is 0.819. The highest BCUT2D eigenvalue weighted by atomic mass is 32.1. The lowest BCUT2D eigenvalue weighted by Gasteiger charge is -1.98. The van der Waals surface area contributed by atoms with Gasteiger partial charge in [-0.15, -0.1) is 11.3 Å². The van der Waals surface area contributed by atoms with Crippen molar-refractivity contribution in [2.45, 2.75) is 19.8 Å². The number of nitrogens with zero attached hydrogens (tertiary/aromatic N) is 1. The molecule has 0 spiro atoms. The molecule has 3 rings (SSSR count). The summed E-state index contributed by atoms with van der Waals surface area (Å²) in [5, 5.41) is 5.00. The first kappa shape index (κ1) is 13.8. The van der Waals surface area contributed by atoms with E-state index in [1.165, 1.54) is 11.3 Å². The van der Waals surface area contributed by atoms with E-state index in [2.05, 4.69) is 4.98 Å². The molecular formula is C16H15NO3S. The van der Waals surface area contributed by atoms with E-state index in [9.17, 15) is 4.79 Å². The fourth-order valence-corrected chi connectivity index (χ4v) is 2.94. The summed E-state index contributed by atoms with van der Waals surface area (Å²) in [5.74, 6) is 0.599. The second-order valence-corrected chi connectivity index (χ2v) is 5.53. The van der Waals surface area contributed by atoms with Crippen molar-refractivity contribution < 1.29 is 13.9 Å². The number of thiazole rings is 1. The van der Waals surface area contributed by atoms with E-state index in [0.717, 1.165) is 27.2 Å². The number of hydrogen-bond acceptors (Lipinski definition) is 5. The Morgan fingerprint density at radius 1 is 1.38 bits per heavy atom. The maximum Gasteiger partial charge on any atom is 0.306 e. The highest BCUT2D eigenvalue weighted by molar-refractivity contribution is 7.09. The van der Waals surface area contributed by atoms with Crippen LogP contribution in [0.25, 0.3) is 22.2 Å². The van der Waals surface area contributed by atoms with E-state index in [0.29, 0.717) is 19.4 Å². The van der Waals surface area contributed by atoms with Gasteiger partial charge in [-0.3, -0.25) is 4.79 Å². The molecule has 0 aliphatic carbocycles. The van der Waals surface area contributed by atoms with Crippen molar-refractivity contribution in [1.82, 2.24) is 4.98 Å². The maximum atomic E-state index is 11.4. The average molecular weight is 301 g/mol. The van der Waals surface area contributed by atoms with E-state index in [1.807, 2.05) is 29.6 Å². The molecule has 0 N–H and O–H groups in total. The third-order valence-corrected chi connectivity index (χ3v) is 4.05. The molecule has 2 heterocycles. The number of rotatable bonds is 5. The standard InChI is InChI=1S/C16H15NO3S/c1-2-19-15(18)8-7-14-17-13(10-21-14)16-12-6-4-3-5-11(12)9-20-16/h3-6,9-10H,2,7-8H2,1H3. The van der Waals surface area contributed by atoms with Gasteiger partial charge in [-0.1, -0.05) is 24.3 Å². The molecule has 0 bridgehead atoms. The molecule has 0 saturated heterocycles. The summed E-state index contributed by atoms with van der Waals surface area (Å²) in [6, 6.07) is 7.99. The largest absolute Gasteiger partial charge is 0.466 e. The zero-order valence-corrected chi connectivity index (χ0v) is 12.5. The van der Waals surface area contributed by atoms with Crippen LogP contribution in [0.15, 0.2) is 40.3 Å². The number of aryl methyl sites for hydroxylation is 1. The summed E-state index contributed by atoms with van der Waals surface area (Å²) < 4.78 is 10.6. The number of ether oxygens (including phenoxy) is 1. The number of aromatic nitrogens is 1. The molecule has 0 amide bonds. The zero-order chi connectivity index (χ0) is 14.7. The van der Waals surface area contributed by atoms with Gasteiger partial charge < -0.3 is 9.15 Å². The quantitative estimate of drug-likeness (QED) is 0.667. The Bertz CT molecular complexity index is 760. The number of fused-ring (bicyclic) bond motifs is 1. The molecule has 0 fully saturated rings. The van der Waals surface area contributed by atoms with Crippen LogP contribution in [0.3, 0.4) is 0 Å². The average Bonchev–Trinajstić information content (AvgIpc) is 3.12. The first-order valence-electron chi connectivity index (χ1n) is 6.84. The summed E-state index contributed by atoms with van der Waals surface area (Å²) in [6.07, 6.45) is 2.70. The topological polar surface area (TPSA) is 52.3 Å². The Balaban J connectivity index is 1.77. The third-order valence-electron chi connectivity index (χ3n) is 3.14. The molecule has 1 aromatic carbocycles. The van der Waals surface area contributed by atoms with Crippen molar-refractivity contribution in [3.05, 3.63) is 40.9 Å². The Morgan fingerprint density at radius 3 is 3.10 bits per heavy atom. The Kier molecular flexibility index (Phi) is 4.01. The Morgan fingerprint density at radius 2 is 2.24 bits per heavy atom. The van der Waals surface area contributed by atoms with Gasteiger partial charge in [0, 0.05) is 22.6 Å². The molecule has 0 radical (unpaired) electrons. The maximum absolute atomic E-state index is 11.4. The number of benzene rings is 1. The van der Waals surface area contributed by atoms with Gasteiger partial charge in [-0.25, -0.2) is 4.98 Å². The van der Waals surface area contributed by atoms with Gasteiger partial charge in [0.2, 0.25) is 0 Å². The Labute approximate surface area is 126 Å². The van der Waals surface area contributed by atoms with E-state index >= 15 is 0 Å².